The lowest BCUT2D eigenvalue weighted by molar-refractivity contribution is 0.308. The Labute approximate surface area is 105 Å². The molecule has 88 valence electrons. The van der Waals surface area contributed by atoms with Crippen molar-refractivity contribution in [1.29, 1.82) is 0 Å². The number of anilines is 1. The van der Waals surface area contributed by atoms with E-state index in [2.05, 4.69) is 38.8 Å². The van der Waals surface area contributed by atoms with Gasteiger partial charge in [0.25, 0.3) is 0 Å². The minimum absolute atomic E-state index is 0.604. The summed E-state index contributed by atoms with van der Waals surface area (Å²) in [6.45, 7) is 5.23. The van der Waals surface area contributed by atoms with E-state index < -0.39 is 0 Å². The fourth-order valence-electron chi connectivity index (χ4n) is 2.26. The van der Waals surface area contributed by atoms with Gasteiger partial charge in [0, 0.05) is 23.8 Å². The summed E-state index contributed by atoms with van der Waals surface area (Å²) < 4.78 is 1.04. The van der Waals surface area contributed by atoms with E-state index in [4.69, 9.17) is 5.73 Å². The van der Waals surface area contributed by atoms with E-state index in [0.29, 0.717) is 5.92 Å². The van der Waals surface area contributed by atoms with Crippen LogP contribution in [-0.4, -0.2) is 24.6 Å². The van der Waals surface area contributed by atoms with Crippen molar-refractivity contribution >= 4 is 21.6 Å². The Morgan fingerprint density at radius 1 is 1.56 bits per heavy atom. The summed E-state index contributed by atoms with van der Waals surface area (Å²) in [6.07, 6.45) is 4.96. The molecule has 16 heavy (non-hydrogen) atoms. The molecule has 1 aromatic rings. The highest BCUT2D eigenvalue weighted by atomic mass is 79.9. The number of nitrogens with two attached hydrogens (primary N) is 1. The molecule has 1 aliphatic rings. The Morgan fingerprint density at radius 2 is 2.38 bits per heavy atom. The largest absolute Gasteiger partial charge is 0.370 e. The molecule has 0 bridgehead atoms. The van der Waals surface area contributed by atoms with Crippen molar-refractivity contribution in [2.75, 3.05) is 24.5 Å². The highest BCUT2D eigenvalue weighted by molar-refractivity contribution is 9.10. The van der Waals surface area contributed by atoms with Gasteiger partial charge in [-0.05, 0) is 46.8 Å². The number of piperidine rings is 1. The van der Waals surface area contributed by atoms with Gasteiger partial charge in [-0.1, -0.05) is 6.92 Å². The molecule has 0 aliphatic carbocycles. The smallest absolute Gasteiger partial charge is 0.0564 e. The van der Waals surface area contributed by atoms with Crippen molar-refractivity contribution in [2.24, 2.45) is 17.6 Å². The van der Waals surface area contributed by atoms with Gasteiger partial charge in [0.05, 0.1) is 11.9 Å². The van der Waals surface area contributed by atoms with Crippen LogP contribution < -0.4 is 10.6 Å². The number of aromatic nitrogens is 1. The second-order valence-corrected chi connectivity index (χ2v) is 5.48. The quantitative estimate of drug-likeness (QED) is 0.906. The zero-order valence-corrected chi connectivity index (χ0v) is 11.2. The maximum atomic E-state index is 5.81. The molecule has 1 fully saturated rings. The summed E-state index contributed by atoms with van der Waals surface area (Å²) >= 11 is 3.46. The summed E-state index contributed by atoms with van der Waals surface area (Å²) in [6, 6.07) is 2.12. The van der Waals surface area contributed by atoms with Crippen molar-refractivity contribution in [3.8, 4) is 0 Å². The average Bonchev–Trinajstić information content (AvgIpc) is 2.29. The minimum Gasteiger partial charge on any atom is -0.370 e. The first-order chi connectivity index (χ1) is 7.70. The normalized spacial score (nSPS) is 25.8. The summed E-state index contributed by atoms with van der Waals surface area (Å²) in [7, 11) is 0. The predicted molar refractivity (Wildman–Crippen MR) is 70.5 cm³/mol. The van der Waals surface area contributed by atoms with Crippen molar-refractivity contribution in [3.05, 3.63) is 22.9 Å². The second kappa shape index (κ2) is 5.15. The first-order valence-corrected chi connectivity index (χ1v) is 6.55. The molecule has 2 heterocycles. The highest BCUT2D eigenvalue weighted by Crippen LogP contribution is 2.27. The molecule has 1 saturated heterocycles. The number of hydrogen-bond donors (Lipinski definition) is 1. The summed E-state index contributed by atoms with van der Waals surface area (Å²) in [5, 5.41) is 0. The van der Waals surface area contributed by atoms with Gasteiger partial charge in [-0.25, -0.2) is 0 Å². The molecule has 0 radical (unpaired) electrons. The van der Waals surface area contributed by atoms with Gasteiger partial charge < -0.3 is 10.6 Å². The molecule has 1 aliphatic heterocycles. The Hall–Kier alpha value is -0.610. The third-order valence-corrected chi connectivity index (χ3v) is 3.91. The van der Waals surface area contributed by atoms with Gasteiger partial charge in [-0.2, -0.15) is 0 Å². The topological polar surface area (TPSA) is 42.2 Å². The molecular weight excluding hydrogens is 266 g/mol. The Balaban J connectivity index is 2.11. The van der Waals surface area contributed by atoms with Crippen LogP contribution in [-0.2, 0) is 0 Å². The van der Waals surface area contributed by atoms with Gasteiger partial charge in [-0.3, -0.25) is 4.98 Å². The van der Waals surface area contributed by atoms with E-state index in [1.807, 2.05) is 12.4 Å². The zero-order valence-electron chi connectivity index (χ0n) is 9.56. The molecule has 2 N–H and O–H groups in total. The van der Waals surface area contributed by atoms with E-state index in [0.717, 1.165) is 30.0 Å². The average molecular weight is 284 g/mol. The highest BCUT2D eigenvalue weighted by Gasteiger charge is 2.25. The summed E-state index contributed by atoms with van der Waals surface area (Å²) in [5.74, 6) is 1.34. The van der Waals surface area contributed by atoms with E-state index in [9.17, 15) is 0 Å². The lowest BCUT2D eigenvalue weighted by Crippen LogP contribution is -2.42. The van der Waals surface area contributed by atoms with Crippen LogP contribution in [0.1, 0.15) is 13.3 Å². The van der Waals surface area contributed by atoms with E-state index in [-0.39, 0.29) is 0 Å². The Bertz CT molecular complexity index is 356. The van der Waals surface area contributed by atoms with Crippen LogP contribution in [0, 0.1) is 11.8 Å². The Kier molecular flexibility index (Phi) is 3.82. The molecule has 4 heteroatoms. The lowest BCUT2D eigenvalue weighted by Gasteiger charge is -2.37. The molecule has 0 spiro atoms. The summed E-state index contributed by atoms with van der Waals surface area (Å²) in [5.41, 5.74) is 7.01. The number of nitrogens with zero attached hydrogens (tertiary/aromatic N) is 2. The number of hydrogen-bond acceptors (Lipinski definition) is 3. The standard InChI is InChI=1S/C12H18BrN3/c1-9-2-3-16(8-10(9)5-14)12-4-11(13)6-15-7-12/h4,6-7,9-10H,2-3,5,8,14H2,1H3. The van der Waals surface area contributed by atoms with Crippen molar-refractivity contribution in [3.63, 3.8) is 0 Å². The van der Waals surface area contributed by atoms with Crippen LogP contribution in [0.15, 0.2) is 22.9 Å². The third-order valence-electron chi connectivity index (χ3n) is 3.47. The molecule has 2 atom stereocenters. The van der Waals surface area contributed by atoms with E-state index in [1.54, 1.807) is 0 Å². The number of rotatable bonds is 2. The molecule has 0 amide bonds. The van der Waals surface area contributed by atoms with Crippen molar-refractivity contribution < 1.29 is 0 Å². The van der Waals surface area contributed by atoms with Crippen LogP contribution in [0.25, 0.3) is 0 Å². The monoisotopic (exact) mass is 283 g/mol. The maximum Gasteiger partial charge on any atom is 0.0564 e. The zero-order chi connectivity index (χ0) is 11.5. The second-order valence-electron chi connectivity index (χ2n) is 4.57. The number of halogens is 1. The van der Waals surface area contributed by atoms with Gasteiger partial charge in [-0.15, -0.1) is 0 Å². The number of pyridine rings is 1. The van der Waals surface area contributed by atoms with Crippen LogP contribution in [0.4, 0.5) is 5.69 Å². The van der Waals surface area contributed by atoms with Gasteiger partial charge in [0.15, 0.2) is 0 Å². The van der Waals surface area contributed by atoms with Gasteiger partial charge in [0.2, 0.25) is 0 Å². The van der Waals surface area contributed by atoms with Crippen LogP contribution >= 0.6 is 15.9 Å². The predicted octanol–water partition coefficient (Wildman–Crippen LogP) is 2.27. The van der Waals surface area contributed by atoms with Crippen molar-refractivity contribution in [2.45, 2.75) is 13.3 Å². The first kappa shape index (κ1) is 11.9. The summed E-state index contributed by atoms with van der Waals surface area (Å²) in [4.78, 5) is 6.59. The van der Waals surface area contributed by atoms with Crippen molar-refractivity contribution in [1.82, 2.24) is 4.98 Å². The van der Waals surface area contributed by atoms with Crippen LogP contribution in [0.3, 0.4) is 0 Å². The Morgan fingerprint density at radius 3 is 3.06 bits per heavy atom. The van der Waals surface area contributed by atoms with Crippen LogP contribution in [0.2, 0.25) is 0 Å². The van der Waals surface area contributed by atoms with E-state index >= 15 is 0 Å². The third kappa shape index (κ3) is 2.55. The maximum absolute atomic E-state index is 5.81. The first-order valence-electron chi connectivity index (χ1n) is 5.76. The fraction of sp³-hybridized carbons (Fsp3) is 0.583. The van der Waals surface area contributed by atoms with Crippen LogP contribution in [0.5, 0.6) is 0 Å². The SMILES string of the molecule is CC1CCN(c2cncc(Br)c2)CC1CN. The molecule has 2 unspecified atom stereocenters. The fourth-order valence-corrected chi connectivity index (χ4v) is 2.62. The molecular formula is C12H18BrN3. The molecule has 3 nitrogen and oxygen atoms in total. The van der Waals surface area contributed by atoms with E-state index in [1.165, 1.54) is 12.1 Å². The minimum atomic E-state index is 0.604. The molecule has 0 saturated carbocycles. The lowest BCUT2D eigenvalue weighted by atomic mass is 9.87. The van der Waals surface area contributed by atoms with Gasteiger partial charge in [0.1, 0.15) is 0 Å². The molecule has 0 aromatic carbocycles. The van der Waals surface area contributed by atoms with Gasteiger partial charge >= 0.3 is 0 Å². The molecule has 1 aromatic heterocycles. The molecule has 2 rings (SSSR count).